The second-order valence-corrected chi connectivity index (χ2v) is 6.54. The number of Topliss-reactive ketones (excluding diaryl/α,β-unsaturated/α-hetero) is 1. The largest absolute Gasteiger partial charge is 0.324 e. The zero-order chi connectivity index (χ0) is 17.0. The molecular formula is C21H23ClN2O. The molecule has 0 unspecified atom stereocenters. The van der Waals surface area contributed by atoms with Crippen LogP contribution in [0.5, 0.6) is 0 Å². The molecule has 3 aromatic rings. The quantitative estimate of drug-likeness (QED) is 0.601. The van der Waals surface area contributed by atoms with Gasteiger partial charge in [-0.2, -0.15) is 0 Å². The Labute approximate surface area is 155 Å². The third kappa shape index (κ3) is 4.37. The van der Waals surface area contributed by atoms with Gasteiger partial charge in [0.25, 0.3) is 0 Å². The summed E-state index contributed by atoms with van der Waals surface area (Å²) in [6.45, 7) is 3.83. The molecular weight excluding hydrogens is 332 g/mol. The van der Waals surface area contributed by atoms with E-state index in [1.165, 1.54) is 11.1 Å². The molecule has 0 radical (unpaired) electrons. The molecule has 0 N–H and O–H groups in total. The fourth-order valence-corrected chi connectivity index (χ4v) is 2.82. The number of nitrogens with zero attached hydrogens (tertiary/aromatic N) is 2. The molecule has 0 aliphatic heterocycles. The average molecular weight is 355 g/mol. The van der Waals surface area contributed by atoms with Gasteiger partial charge in [-0.1, -0.05) is 54.6 Å². The second kappa shape index (κ2) is 8.13. The number of hydrogen-bond acceptors (Lipinski definition) is 2. The molecule has 1 aromatic heterocycles. The molecule has 0 amide bonds. The Kier molecular flexibility index (Phi) is 6.16. The van der Waals surface area contributed by atoms with Gasteiger partial charge in [-0.25, -0.2) is 4.98 Å². The van der Waals surface area contributed by atoms with Gasteiger partial charge < -0.3 is 4.57 Å². The molecule has 130 valence electrons. The first-order chi connectivity index (χ1) is 11.6. The molecule has 2 aromatic carbocycles. The van der Waals surface area contributed by atoms with Gasteiger partial charge in [0.05, 0.1) is 6.33 Å². The van der Waals surface area contributed by atoms with Crippen LogP contribution in [0.3, 0.4) is 0 Å². The molecule has 0 saturated heterocycles. The summed E-state index contributed by atoms with van der Waals surface area (Å²) in [4.78, 5) is 16.8. The maximum absolute atomic E-state index is 12.8. The number of ketones is 1. The van der Waals surface area contributed by atoms with E-state index in [1.54, 1.807) is 12.5 Å². The molecule has 3 rings (SSSR count). The van der Waals surface area contributed by atoms with Crippen LogP contribution < -0.4 is 0 Å². The van der Waals surface area contributed by atoms with E-state index in [-0.39, 0.29) is 18.2 Å². The molecule has 25 heavy (non-hydrogen) atoms. The zero-order valence-corrected chi connectivity index (χ0v) is 15.4. The van der Waals surface area contributed by atoms with E-state index >= 15 is 0 Å². The van der Waals surface area contributed by atoms with Crippen molar-refractivity contribution >= 4 is 18.2 Å². The van der Waals surface area contributed by atoms with Crippen LogP contribution in [-0.4, -0.2) is 15.3 Å². The van der Waals surface area contributed by atoms with Gasteiger partial charge in [0, 0.05) is 18.0 Å². The fourth-order valence-electron chi connectivity index (χ4n) is 2.82. The minimum absolute atomic E-state index is 0. The van der Waals surface area contributed by atoms with Crippen molar-refractivity contribution in [2.45, 2.75) is 32.2 Å². The van der Waals surface area contributed by atoms with Gasteiger partial charge in [-0.15, -0.1) is 12.4 Å². The SMILES string of the molecule is CC(C)(C(=O)c1ccc(CCc2ccccc2)cc1)n1ccnc1.Cl. The molecule has 0 spiro atoms. The van der Waals surface area contributed by atoms with Crippen LogP contribution in [0.15, 0.2) is 73.3 Å². The molecule has 0 fully saturated rings. The van der Waals surface area contributed by atoms with Gasteiger partial charge in [0.2, 0.25) is 0 Å². The zero-order valence-electron chi connectivity index (χ0n) is 14.6. The summed E-state index contributed by atoms with van der Waals surface area (Å²) in [5, 5.41) is 0. The number of benzene rings is 2. The number of imidazole rings is 1. The van der Waals surface area contributed by atoms with Crippen LogP contribution in [0, 0.1) is 0 Å². The Hall–Kier alpha value is -2.39. The monoisotopic (exact) mass is 354 g/mol. The predicted molar refractivity (Wildman–Crippen MR) is 103 cm³/mol. The lowest BCUT2D eigenvalue weighted by molar-refractivity contribution is 0.0847. The molecule has 3 nitrogen and oxygen atoms in total. The normalized spacial score (nSPS) is 11.0. The number of halogens is 1. The number of carbonyl (C=O) groups excluding carboxylic acids is 1. The first-order valence-corrected chi connectivity index (χ1v) is 8.23. The minimum Gasteiger partial charge on any atom is -0.324 e. The van der Waals surface area contributed by atoms with Crippen molar-refractivity contribution in [2.75, 3.05) is 0 Å². The van der Waals surface area contributed by atoms with Gasteiger partial charge in [0.15, 0.2) is 5.78 Å². The second-order valence-electron chi connectivity index (χ2n) is 6.54. The topological polar surface area (TPSA) is 34.9 Å². The van der Waals surface area contributed by atoms with Crippen LogP contribution in [-0.2, 0) is 18.4 Å². The van der Waals surface area contributed by atoms with Gasteiger partial charge >= 0.3 is 0 Å². The number of aryl methyl sites for hydroxylation is 2. The molecule has 0 atom stereocenters. The van der Waals surface area contributed by atoms with Crippen molar-refractivity contribution in [2.24, 2.45) is 0 Å². The third-order valence-corrected chi connectivity index (χ3v) is 4.47. The highest BCUT2D eigenvalue weighted by Gasteiger charge is 2.29. The lowest BCUT2D eigenvalue weighted by Crippen LogP contribution is -2.35. The standard InChI is InChI=1S/C21H22N2O.ClH/c1-21(2,23-15-14-22-16-23)20(24)19-12-10-18(11-13-19)9-8-17-6-4-3-5-7-17;/h3-7,10-16H,8-9H2,1-2H3;1H. The summed E-state index contributed by atoms with van der Waals surface area (Å²) in [6, 6.07) is 18.4. The summed E-state index contributed by atoms with van der Waals surface area (Å²) in [5.74, 6) is 0.0927. The van der Waals surface area contributed by atoms with Crippen LogP contribution in [0.2, 0.25) is 0 Å². The van der Waals surface area contributed by atoms with E-state index in [9.17, 15) is 4.79 Å². The minimum atomic E-state index is -0.637. The maximum atomic E-state index is 12.8. The van der Waals surface area contributed by atoms with Crippen molar-refractivity contribution in [1.29, 1.82) is 0 Å². The number of aromatic nitrogens is 2. The summed E-state index contributed by atoms with van der Waals surface area (Å²) < 4.78 is 1.85. The summed E-state index contributed by atoms with van der Waals surface area (Å²) in [7, 11) is 0. The third-order valence-electron chi connectivity index (χ3n) is 4.47. The number of rotatable bonds is 6. The average Bonchev–Trinajstić information content (AvgIpc) is 3.16. The van der Waals surface area contributed by atoms with E-state index in [0.717, 1.165) is 18.4 Å². The Morgan fingerprint density at radius 2 is 1.56 bits per heavy atom. The van der Waals surface area contributed by atoms with Crippen molar-refractivity contribution in [1.82, 2.24) is 9.55 Å². The molecule has 0 saturated carbocycles. The predicted octanol–water partition coefficient (Wildman–Crippen LogP) is 4.71. The Bertz CT molecular complexity index is 794. The molecule has 4 heteroatoms. The van der Waals surface area contributed by atoms with Crippen molar-refractivity contribution in [3.63, 3.8) is 0 Å². The summed E-state index contributed by atoms with van der Waals surface area (Å²) >= 11 is 0. The van der Waals surface area contributed by atoms with Crippen molar-refractivity contribution < 1.29 is 4.79 Å². The van der Waals surface area contributed by atoms with Crippen LogP contribution in [0.4, 0.5) is 0 Å². The Morgan fingerprint density at radius 1 is 0.960 bits per heavy atom. The molecule has 0 aliphatic rings. The van der Waals surface area contributed by atoms with E-state index in [1.807, 2.05) is 42.8 Å². The van der Waals surface area contributed by atoms with Crippen LogP contribution >= 0.6 is 12.4 Å². The van der Waals surface area contributed by atoms with E-state index in [0.29, 0.717) is 0 Å². The summed E-state index contributed by atoms with van der Waals surface area (Å²) in [5.41, 5.74) is 2.68. The van der Waals surface area contributed by atoms with E-state index in [4.69, 9.17) is 0 Å². The maximum Gasteiger partial charge on any atom is 0.188 e. The van der Waals surface area contributed by atoms with Gasteiger partial charge in [0.1, 0.15) is 5.54 Å². The van der Waals surface area contributed by atoms with Crippen LogP contribution in [0.1, 0.15) is 35.3 Å². The Balaban J connectivity index is 0.00000225. The summed E-state index contributed by atoms with van der Waals surface area (Å²) in [6.07, 6.45) is 7.19. The molecule has 1 heterocycles. The van der Waals surface area contributed by atoms with Crippen molar-refractivity contribution in [3.05, 3.63) is 90.0 Å². The molecule has 0 bridgehead atoms. The first kappa shape index (κ1) is 18.9. The smallest absolute Gasteiger partial charge is 0.188 e. The van der Waals surface area contributed by atoms with Gasteiger partial charge in [-0.05, 0) is 37.8 Å². The van der Waals surface area contributed by atoms with E-state index < -0.39 is 5.54 Å². The Morgan fingerprint density at radius 3 is 2.12 bits per heavy atom. The lowest BCUT2D eigenvalue weighted by atomic mass is 9.92. The highest BCUT2D eigenvalue weighted by molar-refractivity contribution is 6.01. The van der Waals surface area contributed by atoms with Gasteiger partial charge in [-0.3, -0.25) is 4.79 Å². The number of carbonyl (C=O) groups is 1. The fraction of sp³-hybridized carbons (Fsp3) is 0.238. The number of hydrogen-bond donors (Lipinski definition) is 0. The lowest BCUT2D eigenvalue weighted by Gasteiger charge is -2.25. The van der Waals surface area contributed by atoms with E-state index in [2.05, 4.69) is 41.4 Å². The van der Waals surface area contributed by atoms with Crippen molar-refractivity contribution in [3.8, 4) is 0 Å². The highest BCUT2D eigenvalue weighted by Crippen LogP contribution is 2.21. The highest BCUT2D eigenvalue weighted by atomic mass is 35.5. The molecule has 0 aliphatic carbocycles. The van der Waals surface area contributed by atoms with Crippen LogP contribution in [0.25, 0.3) is 0 Å². The first-order valence-electron chi connectivity index (χ1n) is 8.23.